The third-order valence-electron chi connectivity index (χ3n) is 7.12. The fraction of sp³-hybridized carbons (Fsp3) is 0.903. The zero-order valence-electron chi connectivity index (χ0n) is 23.9. The summed E-state index contributed by atoms with van der Waals surface area (Å²) in [5.41, 5.74) is 0. The van der Waals surface area contributed by atoms with E-state index >= 15 is 0 Å². The van der Waals surface area contributed by atoms with Gasteiger partial charge in [-0.1, -0.05) is 129 Å². The quantitative estimate of drug-likeness (QED) is 0.0685. The van der Waals surface area contributed by atoms with E-state index in [2.05, 4.69) is 31.3 Å². The monoisotopic (exact) mass is 511 g/mol. The number of carbonyl (C=O) groups excluding carboxylic acids is 1. The van der Waals surface area contributed by atoms with E-state index < -0.39 is 18.2 Å². The maximum absolute atomic E-state index is 12.2. The zero-order valence-corrected chi connectivity index (χ0v) is 23.9. The van der Waals surface area contributed by atoms with Gasteiger partial charge in [-0.25, -0.2) is 0 Å². The molecule has 36 heavy (non-hydrogen) atoms. The molecular weight excluding hydrogens is 450 g/mol. The third kappa shape index (κ3) is 22.3. The number of nitrogens with one attached hydrogen (secondary N) is 1. The van der Waals surface area contributed by atoms with Gasteiger partial charge in [0.05, 0.1) is 18.8 Å². The molecule has 0 bridgehead atoms. The first-order valence-corrected chi connectivity index (χ1v) is 15.5. The molecule has 0 saturated heterocycles. The normalized spacial score (nSPS) is 14.2. The molecule has 0 aliphatic carbocycles. The summed E-state index contributed by atoms with van der Waals surface area (Å²) in [6.07, 6.45) is 27.2. The molecule has 0 aliphatic rings. The van der Waals surface area contributed by atoms with Crippen LogP contribution in [0.25, 0.3) is 0 Å². The maximum atomic E-state index is 12.2. The lowest BCUT2D eigenvalue weighted by Crippen LogP contribution is -2.50. The lowest BCUT2D eigenvalue weighted by atomic mass is 9.99. The maximum Gasteiger partial charge on any atom is 0.220 e. The van der Waals surface area contributed by atoms with Crippen LogP contribution in [0.5, 0.6) is 0 Å². The molecule has 4 N–H and O–H groups in total. The van der Waals surface area contributed by atoms with Crippen LogP contribution < -0.4 is 5.32 Å². The van der Waals surface area contributed by atoms with Crippen molar-refractivity contribution in [2.45, 2.75) is 173 Å². The van der Waals surface area contributed by atoms with Gasteiger partial charge in [0.15, 0.2) is 0 Å². The highest BCUT2D eigenvalue weighted by Crippen LogP contribution is 2.15. The minimum atomic E-state index is -1.13. The van der Waals surface area contributed by atoms with Gasteiger partial charge in [0.25, 0.3) is 0 Å². The molecule has 0 rings (SSSR count). The van der Waals surface area contributed by atoms with Crippen molar-refractivity contribution in [2.24, 2.45) is 0 Å². The van der Waals surface area contributed by atoms with Crippen LogP contribution in [0.15, 0.2) is 12.2 Å². The zero-order chi connectivity index (χ0) is 26.7. The van der Waals surface area contributed by atoms with Crippen LogP contribution in [0, 0.1) is 0 Å². The SMILES string of the molecule is CCCC/C=C\CCCCCCCC(=O)NC(CO)C(O)C(O)CCCCCCCCCCCCC. The lowest BCUT2D eigenvalue weighted by molar-refractivity contribution is -0.124. The second-order valence-electron chi connectivity index (χ2n) is 10.7. The second-order valence-corrected chi connectivity index (χ2v) is 10.7. The van der Waals surface area contributed by atoms with E-state index in [1.807, 2.05) is 0 Å². The molecule has 0 aliphatic heterocycles. The Hall–Kier alpha value is -0.910. The summed E-state index contributed by atoms with van der Waals surface area (Å²) in [7, 11) is 0. The molecule has 214 valence electrons. The van der Waals surface area contributed by atoms with Crippen LogP contribution in [0.3, 0.4) is 0 Å². The number of rotatable bonds is 27. The Morgan fingerprint density at radius 3 is 1.69 bits per heavy atom. The molecule has 0 fully saturated rings. The first kappa shape index (κ1) is 35.1. The molecule has 0 spiro atoms. The van der Waals surface area contributed by atoms with Crippen molar-refractivity contribution in [2.75, 3.05) is 6.61 Å². The van der Waals surface area contributed by atoms with Crippen molar-refractivity contribution in [1.29, 1.82) is 0 Å². The van der Waals surface area contributed by atoms with Crippen LogP contribution >= 0.6 is 0 Å². The summed E-state index contributed by atoms with van der Waals surface area (Å²) >= 11 is 0. The summed E-state index contributed by atoms with van der Waals surface area (Å²) in [5, 5.41) is 33.1. The number of aliphatic hydroxyl groups is 3. The van der Waals surface area contributed by atoms with Crippen molar-refractivity contribution < 1.29 is 20.1 Å². The predicted molar refractivity (Wildman–Crippen MR) is 153 cm³/mol. The van der Waals surface area contributed by atoms with E-state index in [9.17, 15) is 20.1 Å². The number of hydrogen-bond acceptors (Lipinski definition) is 4. The highest BCUT2D eigenvalue weighted by atomic mass is 16.3. The number of carbonyl (C=O) groups is 1. The van der Waals surface area contributed by atoms with E-state index in [1.165, 1.54) is 83.5 Å². The van der Waals surface area contributed by atoms with E-state index in [1.54, 1.807) is 0 Å². The standard InChI is InChI=1S/C31H61NO4/c1-3-5-7-9-11-13-15-17-19-21-23-25-29(34)31(36)28(27-33)32-30(35)26-24-22-20-18-16-14-12-10-8-6-4-2/h10,12,28-29,31,33-34,36H,3-9,11,13-27H2,1-2H3,(H,32,35)/b12-10-. The highest BCUT2D eigenvalue weighted by molar-refractivity contribution is 5.76. The van der Waals surface area contributed by atoms with Crippen molar-refractivity contribution in [3.63, 3.8) is 0 Å². The summed E-state index contributed by atoms with van der Waals surface area (Å²) in [4.78, 5) is 12.2. The van der Waals surface area contributed by atoms with Gasteiger partial charge in [-0.15, -0.1) is 0 Å². The van der Waals surface area contributed by atoms with E-state index in [0.717, 1.165) is 44.9 Å². The van der Waals surface area contributed by atoms with E-state index in [4.69, 9.17) is 0 Å². The molecule has 5 heteroatoms. The summed E-state index contributed by atoms with van der Waals surface area (Å²) in [6, 6.07) is -0.806. The van der Waals surface area contributed by atoms with Crippen LogP contribution in [0.4, 0.5) is 0 Å². The molecule has 0 saturated carbocycles. The molecule has 3 unspecified atom stereocenters. The van der Waals surface area contributed by atoms with Crippen molar-refractivity contribution in [3.05, 3.63) is 12.2 Å². The van der Waals surface area contributed by atoms with Crippen molar-refractivity contribution in [3.8, 4) is 0 Å². The average molecular weight is 512 g/mol. The smallest absolute Gasteiger partial charge is 0.220 e. The third-order valence-corrected chi connectivity index (χ3v) is 7.12. The minimum absolute atomic E-state index is 0.158. The fourth-order valence-corrected chi connectivity index (χ4v) is 4.61. The van der Waals surface area contributed by atoms with Gasteiger partial charge in [-0.2, -0.15) is 0 Å². The predicted octanol–water partition coefficient (Wildman–Crippen LogP) is 7.36. The summed E-state index contributed by atoms with van der Waals surface area (Å²) < 4.78 is 0. The first-order valence-electron chi connectivity index (χ1n) is 15.5. The van der Waals surface area contributed by atoms with Crippen LogP contribution in [0.1, 0.15) is 155 Å². The Bertz CT molecular complexity index is 497. The number of aliphatic hydroxyl groups excluding tert-OH is 3. The van der Waals surface area contributed by atoms with Crippen LogP contribution in [-0.2, 0) is 4.79 Å². The summed E-state index contributed by atoms with van der Waals surface area (Å²) in [6.45, 7) is 4.09. The van der Waals surface area contributed by atoms with Crippen molar-refractivity contribution >= 4 is 5.91 Å². The Morgan fingerprint density at radius 2 is 1.14 bits per heavy atom. The first-order chi connectivity index (χ1) is 17.6. The van der Waals surface area contributed by atoms with Gasteiger partial charge >= 0.3 is 0 Å². The molecule has 0 radical (unpaired) electrons. The minimum Gasteiger partial charge on any atom is -0.394 e. The molecule has 0 aromatic carbocycles. The van der Waals surface area contributed by atoms with Gasteiger partial charge in [-0.3, -0.25) is 4.79 Å². The van der Waals surface area contributed by atoms with Gasteiger partial charge in [0.1, 0.15) is 6.10 Å². The molecule has 3 atom stereocenters. The van der Waals surface area contributed by atoms with Crippen LogP contribution in [0.2, 0.25) is 0 Å². The van der Waals surface area contributed by atoms with Gasteiger partial charge < -0.3 is 20.6 Å². The van der Waals surface area contributed by atoms with Crippen molar-refractivity contribution in [1.82, 2.24) is 5.32 Å². The highest BCUT2D eigenvalue weighted by Gasteiger charge is 2.26. The number of amides is 1. The number of unbranched alkanes of at least 4 members (excludes halogenated alkanes) is 17. The lowest BCUT2D eigenvalue weighted by Gasteiger charge is -2.26. The second kappa shape index (κ2) is 27.1. The topological polar surface area (TPSA) is 89.8 Å². The molecule has 0 heterocycles. The Labute approximate surface area is 223 Å². The number of hydrogen-bond donors (Lipinski definition) is 4. The molecule has 0 aromatic heterocycles. The molecule has 5 nitrogen and oxygen atoms in total. The fourth-order valence-electron chi connectivity index (χ4n) is 4.61. The Morgan fingerprint density at radius 1 is 0.667 bits per heavy atom. The molecule has 1 amide bonds. The average Bonchev–Trinajstić information content (AvgIpc) is 2.88. The Kier molecular flexibility index (Phi) is 26.4. The van der Waals surface area contributed by atoms with E-state index in [0.29, 0.717) is 12.8 Å². The Balaban J connectivity index is 3.78. The molecule has 0 aromatic rings. The summed E-state index contributed by atoms with van der Waals surface area (Å²) in [5.74, 6) is -0.158. The van der Waals surface area contributed by atoms with Gasteiger partial charge in [0, 0.05) is 6.42 Å². The van der Waals surface area contributed by atoms with E-state index in [-0.39, 0.29) is 12.5 Å². The van der Waals surface area contributed by atoms with Gasteiger partial charge in [-0.05, 0) is 32.1 Å². The number of allylic oxidation sites excluding steroid dienone is 2. The van der Waals surface area contributed by atoms with Gasteiger partial charge in [0.2, 0.25) is 5.91 Å². The van der Waals surface area contributed by atoms with Crippen LogP contribution in [-0.4, -0.2) is 46.1 Å². The largest absolute Gasteiger partial charge is 0.394 e. The molecular formula is C31H61NO4.